The lowest BCUT2D eigenvalue weighted by Gasteiger charge is -2.16. The maximum absolute atomic E-state index is 12.7. The molecule has 30 heavy (non-hydrogen) atoms. The number of nitrogens with one attached hydrogen (secondary N) is 2. The molecule has 2 amide bonds. The van der Waals surface area contributed by atoms with Gasteiger partial charge in [-0.1, -0.05) is 37.3 Å². The van der Waals surface area contributed by atoms with Crippen LogP contribution in [0.3, 0.4) is 0 Å². The standard InChI is InChI=1S/C22H29N3O4S/c1-5-12-23-17(26)13-25(4)14-18(27)24-21-20(22(28)29-6-2)19(15(3)30-21)16-10-8-7-9-11-16/h7-11H,5-6,12-14H2,1-4H3,(H,23,26)(H,24,27). The van der Waals surface area contributed by atoms with Gasteiger partial charge in [0.1, 0.15) is 10.6 Å². The van der Waals surface area contributed by atoms with Gasteiger partial charge in [-0.3, -0.25) is 14.5 Å². The molecule has 0 saturated heterocycles. The number of nitrogens with zero attached hydrogens (tertiary/aromatic N) is 1. The highest BCUT2D eigenvalue weighted by Gasteiger charge is 2.25. The number of thiophene rings is 1. The highest BCUT2D eigenvalue weighted by Crippen LogP contribution is 2.40. The highest BCUT2D eigenvalue weighted by molar-refractivity contribution is 7.17. The second-order valence-electron chi connectivity index (χ2n) is 6.89. The smallest absolute Gasteiger partial charge is 0.341 e. The fourth-order valence-electron chi connectivity index (χ4n) is 3.02. The van der Waals surface area contributed by atoms with E-state index in [0.717, 1.165) is 22.4 Å². The van der Waals surface area contributed by atoms with E-state index >= 15 is 0 Å². The fraction of sp³-hybridized carbons (Fsp3) is 0.409. The monoisotopic (exact) mass is 431 g/mol. The molecule has 8 heteroatoms. The van der Waals surface area contributed by atoms with Gasteiger partial charge in [-0.2, -0.15) is 0 Å². The van der Waals surface area contributed by atoms with Crippen LogP contribution in [-0.4, -0.2) is 56.0 Å². The number of hydrogen-bond donors (Lipinski definition) is 2. The van der Waals surface area contributed by atoms with Crippen LogP contribution in [0.15, 0.2) is 30.3 Å². The number of likely N-dealkylation sites (N-methyl/N-ethyl adjacent to an activating group) is 1. The van der Waals surface area contributed by atoms with E-state index in [1.165, 1.54) is 11.3 Å². The number of aryl methyl sites for hydroxylation is 1. The van der Waals surface area contributed by atoms with E-state index in [-0.39, 0.29) is 31.5 Å². The van der Waals surface area contributed by atoms with Crippen LogP contribution < -0.4 is 10.6 Å². The van der Waals surface area contributed by atoms with Gasteiger partial charge in [-0.05, 0) is 32.9 Å². The molecule has 162 valence electrons. The number of hydrogen-bond acceptors (Lipinski definition) is 6. The number of anilines is 1. The number of carbonyl (C=O) groups is 3. The summed E-state index contributed by atoms with van der Waals surface area (Å²) in [6.45, 7) is 6.64. The van der Waals surface area contributed by atoms with Crippen molar-refractivity contribution in [1.29, 1.82) is 0 Å². The highest BCUT2D eigenvalue weighted by atomic mass is 32.1. The third kappa shape index (κ3) is 6.40. The van der Waals surface area contributed by atoms with Crippen LogP contribution in [0, 0.1) is 6.92 Å². The summed E-state index contributed by atoms with van der Waals surface area (Å²) in [5.74, 6) is -0.895. The third-order valence-corrected chi connectivity index (χ3v) is 5.30. The zero-order valence-corrected chi connectivity index (χ0v) is 18.7. The number of carbonyl (C=O) groups excluding carboxylic acids is 3. The first-order valence-corrected chi connectivity index (χ1v) is 10.8. The number of amides is 2. The van der Waals surface area contributed by atoms with Gasteiger partial charge in [-0.25, -0.2) is 4.79 Å². The van der Waals surface area contributed by atoms with Gasteiger partial charge in [0.2, 0.25) is 11.8 Å². The Morgan fingerprint density at radius 1 is 1.07 bits per heavy atom. The van der Waals surface area contributed by atoms with Gasteiger partial charge >= 0.3 is 5.97 Å². The Morgan fingerprint density at radius 3 is 2.37 bits per heavy atom. The first kappa shape index (κ1) is 23.6. The van der Waals surface area contributed by atoms with Crippen molar-refractivity contribution in [3.63, 3.8) is 0 Å². The molecule has 2 N–H and O–H groups in total. The van der Waals surface area contributed by atoms with Gasteiger partial charge in [0.15, 0.2) is 0 Å². The maximum Gasteiger partial charge on any atom is 0.341 e. The summed E-state index contributed by atoms with van der Waals surface area (Å²) in [6.07, 6.45) is 0.855. The number of rotatable bonds is 10. The van der Waals surface area contributed by atoms with E-state index in [9.17, 15) is 14.4 Å². The summed E-state index contributed by atoms with van der Waals surface area (Å²) >= 11 is 1.34. The van der Waals surface area contributed by atoms with Crippen LogP contribution in [0.4, 0.5) is 5.00 Å². The summed E-state index contributed by atoms with van der Waals surface area (Å²) in [5, 5.41) is 6.07. The van der Waals surface area contributed by atoms with Crippen molar-refractivity contribution in [3.8, 4) is 11.1 Å². The molecule has 0 saturated carbocycles. The summed E-state index contributed by atoms with van der Waals surface area (Å²) in [5.41, 5.74) is 2.02. The van der Waals surface area contributed by atoms with Crippen LogP contribution in [0.5, 0.6) is 0 Å². The van der Waals surface area contributed by atoms with Crippen LogP contribution in [0.1, 0.15) is 35.5 Å². The fourth-order valence-corrected chi connectivity index (χ4v) is 4.10. The van der Waals surface area contributed by atoms with E-state index in [4.69, 9.17) is 4.74 Å². The molecule has 0 radical (unpaired) electrons. The van der Waals surface area contributed by atoms with Crippen molar-refractivity contribution in [2.75, 3.05) is 38.6 Å². The molecule has 1 aromatic heterocycles. The van der Waals surface area contributed by atoms with Crippen LogP contribution in [0.2, 0.25) is 0 Å². The Hall–Kier alpha value is -2.71. The maximum atomic E-state index is 12.7. The lowest BCUT2D eigenvalue weighted by Crippen LogP contribution is -2.39. The molecule has 1 aromatic carbocycles. The molecule has 2 rings (SSSR count). The van der Waals surface area contributed by atoms with Crippen molar-refractivity contribution in [1.82, 2.24) is 10.2 Å². The summed E-state index contributed by atoms with van der Waals surface area (Å²) in [4.78, 5) is 39.6. The molecular formula is C22H29N3O4S. The van der Waals surface area contributed by atoms with Gasteiger partial charge < -0.3 is 15.4 Å². The van der Waals surface area contributed by atoms with E-state index in [1.54, 1.807) is 18.9 Å². The summed E-state index contributed by atoms with van der Waals surface area (Å²) in [6, 6.07) is 9.55. The Morgan fingerprint density at radius 2 is 1.73 bits per heavy atom. The molecule has 0 atom stereocenters. The Bertz CT molecular complexity index is 880. The predicted molar refractivity (Wildman–Crippen MR) is 120 cm³/mol. The second-order valence-corrected chi connectivity index (χ2v) is 8.12. The molecule has 0 aliphatic carbocycles. The largest absolute Gasteiger partial charge is 0.462 e. The van der Waals surface area contributed by atoms with Crippen LogP contribution in [-0.2, 0) is 14.3 Å². The summed E-state index contributed by atoms with van der Waals surface area (Å²) in [7, 11) is 1.70. The molecule has 7 nitrogen and oxygen atoms in total. The first-order chi connectivity index (χ1) is 14.4. The van der Waals surface area contributed by atoms with E-state index in [0.29, 0.717) is 17.1 Å². The third-order valence-electron chi connectivity index (χ3n) is 4.28. The normalized spacial score (nSPS) is 10.7. The molecule has 0 spiro atoms. The van der Waals surface area contributed by atoms with Crippen molar-refractivity contribution in [2.24, 2.45) is 0 Å². The average molecular weight is 432 g/mol. The van der Waals surface area contributed by atoms with Gasteiger partial charge in [0, 0.05) is 17.0 Å². The minimum absolute atomic E-state index is 0.0272. The van der Waals surface area contributed by atoms with E-state index in [2.05, 4.69) is 10.6 Å². The Labute approximate surface area is 181 Å². The molecule has 2 aromatic rings. The van der Waals surface area contributed by atoms with Gasteiger partial charge in [0.25, 0.3) is 0 Å². The molecule has 1 heterocycles. The Kier molecular flexibility index (Phi) is 9.01. The SMILES string of the molecule is CCCNC(=O)CN(C)CC(=O)Nc1sc(C)c(-c2ccccc2)c1C(=O)OCC. The molecule has 0 unspecified atom stereocenters. The average Bonchev–Trinajstić information content (AvgIpc) is 3.02. The molecule has 0 fully saturated rings. The Balaban J connectivity index is 2.19. The quantitative estimate of drug-likeness (QED) is 0.564. The molecule has 0 bridgehead atoms. The van der Waals surface area contributed by atoms with Gasteiger partial charge in [-0.15, -0.1) is 11.3 Å². The molecular weight excluding hydrogens is 402 g/mol. The van der Waals surface area contributed by atoms with Crippen molar-refractivity contribution in [2.45, 2.75) is 27.2 Å². The van der Waals surface area contributed by atoms with E-state index in [1.807, 2.05) is 44.2 Å². The van der Waals surface area contributed by atoms with Crippen LogP contribution >= 0.6 is 11.3 Å². The zero-order valence-electron chi connectivity index (χ0n) is 17.9. The van der Waals surface area contributed by atoms with Gasteiger partial charge in [0.05, 0.1) is 19.7 Å². The topological polar surface area (TPSA) is 87.7 Å². The second kappa shape index (κ2) is 11.5. The lowest BCUT2D eigenvalue weighted by molar-refractivity contribution is -0.122. The van der Waals surface area contributed by atoms with Crippen molar-refractivity contribution in [3.05, 3.63) is 40.8 Å². The van der Waals surface area contributed by atoms with E-state index < -0.39 is 5.97 Å². The number of esters is 1. The number of ether oxygens (including phenoxy) is 1. The molecule has 0 aliphatic heterocycles. The molecule has 0 aliphatic rings. The predicted octanol–water partition coefficient (Wildman–Crippen LogP) is 3.30. The minimum atomic E-state index is -0.469. The number of benzene rings is 1. The first-order valence-electron chi connectivity index (χ1n) is 9.98. The summed E-state index contributed by atoms with van der Waals surface area (Å²) < 4.78 is 5.25. The van der Waals surface area contributed by atoms with Crippen molar-refractivity contribution >= 4 is 34.1 Å². The minimum Gasteiger partial charge on any atom is -0.462 e. The lowest BCUT2D eigenvalue weighted by atomic mass is 10.0. The van der Waals surface area contributed by atoms with Crippen molar-refractivity contribution < 1.29 is 19.1 Å². The zero-order chi connectivity index (χ0) is 22.1. The van der Waals surface area contributed by atoms with Crippen LogP contribution in [0.25, 0.3) is 11.1 Å².